The molecule has 0 amide bonds. The highest BCUT2D eigenvalue weighted by atomic mass is 16.3. The standard InChI is InChI=1S/C45H27N3O2/c1-4-12-28(13-5-1)36-25-33(26-38-34-18-10-11-19-39(34)50-42(36)38)31-21-23-40-37(24-31)35-22-20-32(27-41(35)49-40)45-47-43(29-14-6-2-7-15-29)46-44(48-45)30-16-8-3-9-17-30/h1-27H. The summed E-state index contributed by atoms with van der Waals surface area (Å²) in [5.74, 6) is 1.84. The van der Waals surface area contributed by atoms with E-state index in [1.165, 1.54) is 0 Å². The molecule has 3 aromatic heterocycles. The number of hydrogen-bond acceptors (Lipinski definition) is 5. The zero-order chi connectivity index (χ0) is 33.0. The second-order valence-electron chi connectivity index (χ2n) is 12.4. The summed E-state index contributed by atoms with van der Waals surface area (Å²) in [5.41, 5.74) is 10.5. The van der Waals surface area contributed by atoms with E-state index < -0.39 is 0 Å². The normalized spacial score (nSPS) is 11.6. The van der Waals surface area contributed by atoms with Gasteiger partial charge >= 0.3 is 0 Å². The van der Waals surface area contributed by atoms with Crippen LogP contribution in [0.15, 0.2) is 173 Å². The lowest BCUT2D eigenvalue weighted by atomic mass is 9.95. The van der Waals surface area contributed by atoms with E-state index in [-0.39, 0.29) is 0 Å². The summed E-state index contributed by atoms with van der Waals surface area (Å²) in [6, 6.07) is 55.8. The molecule has 0 aliphatic rings. The lowest BCUT2D eigenvalue weighted by Gasteiger charge is -2.08. The molecule has 10 rings (SSSR count). The van der Waals surface area contributed by atoms with E-state index in [4.69, 9.17) is 23.8 Å². The molecule has 0 bridgehead atoms. The fourth-order valence-electron chi connectivity index (χ4n) is 6.86. The van der Waals surface area contributed by atoms with Crippen molar-refractivity contribution >= 4 is 43.9 Å². The summed E-state index contributed by atoms with van der Waals surface area (Å²) in [6.07, 6.45) is 0. The first-order chi connectivity index (χ1) is 24.7. The minimum atomic E-state index is 0.592. The van der Waals surface area contributed by atoms with Crippen LogP contribution in [0.1, 0.15) is 0 Å². The van der Waals surface area contributed by atoms with E-state index >= 15 is 0 Å². The maximum absolute atomic E-state index is 6.46. The van der Waals surface area contributed by atoms with Crippen molar-refractivity contribution < 1.29 is 8.83 Å². The molecule has 0 fully saturated rings. The molecular formula is C45H27N3O2. The Balaban J connectivity index is 1.11. The van der Waals surface area contributed by atoms with Crippen LogP contribution in [0.25, 0.3) is 100 Å². The van der Waals surface area contributed by atoms with E-state index in [1.54, 1.807) is 0 Å². The Kier molecular flexibility index (Phi) is 6.42. The van der Waals surface area contributed by atoms with E-state index in [2.05, 4.69) is 78.9 Å². The SMILES string of the molecule is c1ccc(-c2nc(-c3ccccc3)nc(-c3ccc4c(c3)oc3ccc(-c5cc(-c6ccccc6)c6oc7ccccc7c6c5)cc34)n2)cc1. The van der Waals surface area contributed by atoms with Gasteiger partial charge in [-0.25, -0.2) is 15.0 Å². The topological polar surface area (TPSA) is 65.0 Å². The van der Waals surface area contributed by atoms with Gasteiger partial charge in [0.05, 0.1) is 0 Å². The molecule has 234 valence electrons. The van der Waals surface area contributed by atoms with Gasteiger partial charge in [0, 0.05) is 43.8 Å². The number of nitrogens with zero attached hydrogens (tertiary/aromatic N) is 3. The van der Waals surface area contributed by atoms with Gasteiger partial charge in [-0.1, -0.05) is 121 Å². The summed E-state index contributed by atoms with van der Waals surface area (Å²) in [7, 11) is 0. The van der Waals surface area contributed by atoms with Crippen molar-refractivity contribution in [3.05, 3.63) is 164 Å². The fraction of sp³-hybridized carbons (Fsp3) is 0. The Morgan fingerprint density at radius 3 is 1.54 bits per heavy atom. The molecule has 0 saturated heterocycles. The van der Waals surface area contributed by atoms with E-state index in [0.29, 0.717) is 17.5 Å². The van der Waals surface area contributed by atoms with Crippen molar-refractivity contribution in [3.8, 4) is 56.4 Å². The van der Waals surface area contributed by atoms with Gasteiger partial charge in [0.2, 0.25) is 0 Å². The Morgan fingerprint density at radius 1 is 0.300 bits per heavy atom. The lowest BCUT2D eigenvalue weighted by Crippen LogP contribution is -2.00. The Labute approximate surface area is 287 Å². The first-order valence-electron chi connectivity index (χ1n) is 16.6. The maximum Gasteiger partial charge on any atom is 0.164 e. The molecule has 0 spiro atoms. The zero-order valence-corrected chi connectivity index (χ0v) is 26.7. The van der Waals surface area contributed by atoms with Gasteiger partial charge in [-0.15, -0.1) is 0 Å². The Hall–Kier alpha value is -6.85. The first-order valence-corrected chi connectivity index (χ1v) is 16.6. The second-order valence-corrected chi connectivity index (χ2v) is 12.4. The van der Waals surface area contributed by atoms with Crippen LogP contribution >= 0.6 is 0 Å². The summed E-state index contributed by atoms with van der Waals surface area (Å²) in [5, 5.41) is 4.28. The molecule has 5 nitrogen and oxygen atoms in total. The Bertz CT molecular complexity index is 2800. The van der Waals surface area contributed by atoms with Gasteiger partial charge < -0.3 is 8.83 Å². The van der Waals surface area contributed by atoms with Gasteiger partial charge in [-0.05, 0) is 59.2 Å². The van der Waals surface area contributed by atoms with Gasteiger partial charge in [0.25, 0.3) is 0 Å². The highest BCUT2D eigenvalue weighted by Gasteiger charge is 2.18. The molecule has 0 N–H and O–H groups in total. The van der Waals surface area contributed by atoms with Crippen LogP contribution in [0, 0.1) is 0 Å². The summed E-state index contributed by atoms with van der Waals surface area (Å²) in [4.78, 5) is 14.7. The maximum atomic E-state index is 6.46. The number of furan rings is 2. The largest absolute Gasteiger partial charge is 0.456 e. The third kappa shape index (κ3) is 4.75. The number of aromatic nitrogens is 3. The smallest absolute Gasteiger partial charge is 0.164 e. The van der Waals surface area contributed by atoms with Crippen molar-refractivity contribution in [2.24, 2.45) is 0 Å². The zero-order valence-electron chi connectivity index (χ0n) is 26.7. The minimum absolute atomic E-state index is 0.592. The lowest BCUT2D eigenvalue weighted by molar-refractivity contribution is 0.669. The third-order valence-corrected chi connectivity index (χ3v) is 9.33. The van der Waals surface area contributed by atoms with Crippen LogP contribution < -0.4 is 0 Å². The number of benzene rings is 7. The first kappa shape index (κ1) is 28.2. The molecule has 0 aliphatic carbocycles. The average Bonchev–Trinajstić information content (AvgIpc) is 3.76. The molecule has 0 saturated carbocycles. The number of fused-ring (bicyclic) bond motifs is 6. The van der Waals surface area contributed by atoms with Crippen LogP contribution in [-0.4, -0.2) is 15.0 Å². The summed E-state index contributed by atoms with van der Waals surface area (Å²) >= 11 is 0. The predicted molar refractivity (Wildman–Crippen MR) is 202 cm³/mol. The average molecular weight is 642 g/mol. The van der Waals surface area contributed by atoms with E-state index in [1.807, 2.05) is 84.9 Å². The number of hydrogen-bond donors (Lipinski definition) is 0. The van der Waals surface area contributed by atoms with Crippen molar-refractivity contribution in [3.63, 3.8) is 0 Å². The van der Waals surface area contributed by atoms with Crippen LogP contribution in [-0.2, 0) is 0 Å². The van der Waals surface area contributed by atoms with Gasteiger partial charge in [-0.2, -0.15) is 0 Å². The van der Waals surface area contributed by atoms with Crippen molar-refractivity contribution in [2.45, 2.75) is 0 Å². The van der Waals surface area contributed by atoms with E-state index in [0.717, 1.165) is 82.8 Å². The monoisotopic (exact) mass is 641 g/mol. The highest BCUT2D eigenvalue weighted by Crippen LogP contribution is 2.41. The molecule has 5 heteroatoms. The van der Waals surface area contributed by atoms with Crippen LogP contribution in [0.2, 0.25) is 0 Å². The summed E-state index contributed by atoms with van der Waals surface area (Å²) in [6.45, 7) is 0. The van der Waals surface area contributed by atoms with Crippen LogP contribution in [0.4, 0.5) is 0 Å². The minimum Gasteiger partial charge on any atom is -0.456 e. The molecule has 3 heterocycles. The molecule has 50 heavy (non-hydrogen) atoms. The van der Waals surface area contributed by atoms with Crippen molar-refractivity contribution in [2.75, 3.05) is 0 Å². The molecule has 0 unspecified atom stereocenters. The molecule has 7 aromatic carbocycles. The van der Waals surface area contributed by atoms with Crippen molar-refractivity contribution in [1.82, 2.24) is 15.0 Å². The van der Waals surface area contributed by atoms with Gasteiger partial charge in [0.1, 0.15) is 22.3 Å². The summed E-state index contributed by atoms with van der Waals surface area (Å²) < 4.78 is 12.9. The molecule has 0 radical (unpaired) electrons. The van der Waals surface area contributed by atoms with Gasteiger partial charge in [0.15, 0.2) is 17.5 Å². The quantitative estimate of drug-likeness (QED) is 0.187. The molecule has 10 aromatic rings. The second kappa shape index (κ2) is 11.4. The predicted octanol–water partition coefficient (Wildman–Crippen LogP) is 12.0. The fourth-order valence-corrected chi connectivity index (χ4v) is 6.86. The van der Waals surface area contributed by atoms with Crippen molar-refractivity contribution in [1.29, 1.82) is 0 Å². The van der Waals surface area contributed by atoms with E-state index in [9.17, 15) is 0 Å². The number of rotatable bonds is 5. The van der Waals surface area contributed by atoms with Crippen LogP contribution in [0.3, 0.4) is 0 Å². The Morgan fingerprint density at radius 2 is 0.840 bits per heavy atom. The molecule has 0 aliphatic heterocycles. The third-order valence-electron chi connectivity index (χ3n) is 9.33. The highest BCUT2D eigenvalue weighted by molar-refractivity contribution is 6.12. The molecular weight excluding hydrogens is 615 g/mol. The van der Waals surface area contributed by atoms with Gasteiger partial charge in [-0.3, -0.25) is 0 Å². The van der Waals surface area contributed by atoms with Crippen LogP contribution in [0.5, 0.6) is 0 Å². The molecule has 0 atom stereocenters. The number of para-hydroxylation sites is 1.